The largest absolute Gasteiger partial charge is 0.353 e. The van der Waals surface area contributed by atoms with Gasteiger partial charge in [-0.3, -0.25) is 4.79 Å². The smallest absolute Gasteiger partial charge is 0.220 e. The molecule has 8 aliphatic rings. The molecule has 0 unspecified atom stereocenters. The third kappa shape index (κ3) is 2.88. The molecule has 8 rings (SSSR count). The second-order valence-electron chi connectivity index (χ2n) is 12.4. The summed E-state index contributed by atoms with van der Waals surface area (Å²) in [6, 6.07) is 0.380. The Morgan fingerprint density at radius 1 is 0.889 bits per heavy atom. The van der Waals surface area contributed by atoms with Gasteiger partial charge in [0, 0.05) is 16.8 Å². The number of halogens is 1. The van der Waals surface area contributed by atoms with E-state index in [9.17, 15) is 4.79 Å². The molecular weight excluding hydrogens is 398 g/mol. The number of carbonyl (C=O) groups is 1. The number of rotatable bonds is 4. The van der Waals surface area contributed by atoms with Crippen LogP contribution in [-0.2, 0) is 4.79 Å². The number of carbonyl (C=O) groups excluding carboxylic acids is 1. The molecule has 8 aliphatic carbocycles. The maximum atomic E-state index is 13.2. The molecule has 0 saturated heterocycles. The van der Waals surface area contributed by atoms with Crippen LogP contribution in [0.5, 0.6) is 0 Å². The SMILES string of the molecule is C[C@H](NC(=O)CC12C[C@H]3C[C@@H](CC(Br)(C3)C1)C2)C12CC3CC(CC(C3)C1)C2. The molecule has 0 aromatic heterocycles. The normalized spacial score (nSPS) is 55.7. The van der Waals surface area contributed by atoms with Crippen LogP contribution in [0.15, 0.2) is 0 Å². The lowest BCUT2D eigenvalue weighted by molar-refractivity contribution is -0.132. The monoisotopic (exact) mass is 433 g/mol. The van der Waals surface area contributed by atoms with Gasteiger partial charge in [-0.2, -0.15) is 0 Å². The molecule has 3 heteroatoms. The molecule has 0 heterocycles. The van der Waals surface area contributed by atoms with Crippen molar-refractivity contribution in [1.82, 2.24) is 5.32 Å². The topological polar surface area (TPSA) is 29.1 Å². The fourth-order valence-corrected chi connectivity index (χ4v) is 11.5. The number of nitrogens with one attached hydrogen (secondary N) is 1. The van der Waals surface area contributed by atoms with Crippen LogP contribution in [0.4, 0.5) is 0 Å². The zero-order valence-electron chi connectivity index (χ0n) is 16.9. The first-order chi connectivity index (χ1) is 12.8. The number of alkyl halides is 1. The van der Waals surface area contributed by atoms with Gasteiger partial charge in [0.2, 0.25) is 5.91 Å². The molecule has 0 spiro atoms. The van der Waals surface area contributed by atoms with Crippen molar-refractivity contribution in [1.29, 1.82) is 0 Å². The molecule has 2 nitrogen and oxygen atoms in total. The molecule has 0 aliphatic heterocycles. The summed E-state index contributed by atoms with van der Waals surface area (Å²) in [6.45, 7) is 2.34. The zero-order valence-corrected chi connectivity index (χ0v) is 18.5. The van der Waals surface area contributed by atoms with Crippen LogP contribution in [0.25, 0.3) is 0 Å². The lowest BCUT2D eigenvalue weighted by Crippen LogP contribution is -2.57. The summed E-state index contributed by atoms with van der Waals surface area (Å²) in [5.74, 6) is 5.01. The molecule has 0 aromatic carbocycles. The van der Waals surface area contributed by atoms with E-state index in [1.54, 1.807) is 0 Å². The van der Waals surface area contributed by atoms with Gasteiger partial charge < -0.3 is 5.32 Å². The van der Waals surface area contributed by atoms with Crippen molar-refractivity contribution in [2.45, 2.75) is 101 Å². The van der Waals surface area contributed by atoms with Gasteiger partial charge in [0.1, 0.15) is 0 Å². The Morgan fingerprint density at radius 3 is 1.93 bits per heavy atom. The lowest BCUT2D eigenvalue weighted by atomic mass is 9.47. The molecule has 0 aromatic rings. The highest BCUT2D eigenvalue weighted by Gasteiger charge is 2.58. The Bertz CT molecular complexity index is 607. The second-order valence-corrected chi connectivity index (χ2v) is 14.0. The average Bonchev–Trinajstić information content (AvgIpc) is 2.50. The molecule has 1 N–H and O–H groups in total. The fraction of sp³-hybridized carbons (Fsp3) is 0.958. The second kappa shape index (κ2) is 5.76. The summed E-state index contributed by atoms with van der Waals surface area (Å²) >= 11 is 4.11. The first-order valence-electron chi connectivity index (χ1n) is 11.8. The Kier molecular flexibility index (Phi) is 3.79. The average molecular weight is 434 g/mol. The fourth-order valence-electron chi connectivity index (χ4n) is 10.0. The van der Waals surface area contributed by atoms with Gasteiger partial charge in [-0.25, -0.2) is 0 Å². The van der Waals surface area contributed by atoms with Gasteiger partial charge in [-0.05, 0) is 124 Å². The van der Waals surface area contributed by atoms with E-state index < -0.39 is 0 Å². The quantitative estimate of drug-likeness (QED) is 0.554. The summed E-state index contributed by atoms with van der Waals surface area (Å²) in [7, 11) is 0. The molecule has 150 valence electrons. The molecule has 27 heavy (non-hydrogen) atoms. The van der Waals surface area contributed by atoms with E-state index in [1.807, 2.05) is 0 Å². The van der Waals surface area contributed by atoms with Crippen molar-refractivity contribution in [2.75, 3.05) is 0 Å². The van der Waals surface area contributed by atoms with Crippen LogP contribution in [0.1, 0.15) is 90.4 Å². The van der Waals surface area contributed by atoms with Crippen molar-refractivity contribution in [3.05, 3.63) is 0 Å². The molecule has 1 amide bonds. The number of hydrogen-bond donors (Lipinski definition) is 1. The van der Waals surface area contributed by atoms with E-state index in [-0.39, 0.29) is 0 Å². The summed E-state index contributed by atoms with van der Waals surface area (Å²) < 4.78 is 0.364. The molecular formula is C24H36BrNO. The highest BCUT2D eigenvalue weighted by Crippen LogP contribution is 2.66. The van der Waals surface area contributed by atoms with Gasteiger partial charge in [-0.1, -0.05) is 15.9 Å². The number of amides is 1. The van der Waals surface area contributed by atoms with E-state index in [2.05, 4.69) is 28.2 Å². The van der Waals surface area contributed by atoms with Crippen LogP contribution in [-0.4, -0.2) is 16.3 Å². The van der Waals surface area contributed by atoms with E-state index in [0.29, 0.717) is 27.1 Å². The summed E-state index contributed by atoms with van der Waals surface area (Å²) in [6.07, 6.45) is 17.4. The summed E-state index contributed by atoms with van der Waals surface area (Å²) in [4.78, 5) is 13.2. The first kappa shape index (κ1) is 17.8. The Hall–Kier alpha value is -0.0500. The van der Waals surface area contributed by atoms with E-state index >= 15 is 0 Å². The standard InChI is InChI=1S/C24H36BrNO/c1-15(23-8-16-2-17(9-23)4-18(3-16)10-23)26-21(27)13-22-6-19-5-20(7-22)12-24(25,11-19)14-22/h15-20H,2-14H2,1H3,(H,26,27)/t15-,16?,17?,18?,19+,20+,22?,23?,24?/m0/s1. The maximum absolute atomic E-state index is 13.2. The Labute approximate surface area is 173 Å². The van der Waals surface area contributed by atoms with Crippen molar-refractivity contribution < 1.29 is 4.79 Å². The van der Waals surface area contributed by atoms with Crippen LogP contribution in [0.3, 0.4) is 0 Å². The van der Waals surface area contributed by atoms with Gasteiger partial charge in [0.05, 0.1) is 0 Å². The predicted molar refractivity (Wildman–Crippen MR) is 112 cm³/mol. The third-order valence-corrected chi connectivity index (χ3v) is 11.0. The molecule has 3 atom stereocenters. The number of hydrogen-bond acceptors (Lipinski definition) is 1. The summed E-state index contributed by atoms with van der Waals surface area (Å²) in [5.41, 5.74) is 0.737. The lowest BCUT2D eigenvalue weighted by Gasteiger charge is -2.60. The van der Waals surface area contributed by atoms with E-state index in [0.717, 1.165) is 36.0 Å². The van der Waals surface area contributed by atoms with Crippen molar-refractivity contribution in [3.8, 4) is 0 Å². The highest BCUT2D eigenvalue weighted by atomic mass is 79.9. The van der Waals surface area contributed by atoms with Crippen molar-refractivity contribution in [3.63, 3.8) is 0 Å². The predicted octanol–water partition coefficient (Wildman–Crippen LogP) is 5.83. The molecule has 8 bridgehead atoms. The van der Waals surface area contributed by atoms with Gasteiger partial charge in [0.25, 0.3) is 0 Å². The highest BCUT2D eigenvalue weighted by molar-refractivity contribution is 9.10. The minimum atomic E-state index is 0.304. The van der Waals surface area contributed by atoms with E-state index in [1.165, 1.54) is 77.0 Å². The van der Waals surface area contributed by atoms with E-state index in [4.69, 9.17) is 0 Å². The van der Waals surface area contributed by atoms with Crippen LogP contribution >= 0.6 is 15.9 Å². The minimum Gasteiger partial charge on any atom is -0.353 e. The van der Waals surface area contributed by atoms with Crippen molar-refractivity contribution >= 4 is 21.8 Å². The Balaban J connectivity index is 1.15. The van der Waals surface area contributed by atoms with Gasteiger partial charge in [0.15, 0.2) is 0 Å². The first-order valence-corrected chi connectivity index (χ1v) is 12.6. The van der Waals surface area contributed by atoms with Crippen LogP contribution in [0, 0.1) is 40.4 Å². The minimum absolute atomic E-state index is 0.304. The molecule has 8 fully saturated rings. The molecule has 0 radical (unpaired) electrons. The summed E-state index contributed by atoms with van der Waals surface area (Å²) in [5, 5.41) is 3.57. The van der Waals surface area contributed by atoms with Gasteiger partial charge >= 0.3 is 0 Å². The zero-order chi connectivity index (χ0) is 18.4. The van der Waals surface area contributed by atoms with Crippen LogP contribution in [0.2, 0.25) is 0 Å². The third-order valence-electron chi connectivity index (χ3n) is 10.0. The molecule has 8 saturated carbocycles. The maximum Gasteiger partial charge on any atom is 0.220 e. The van der Waals surface area contributed by atoms with Crippen LogP contribution < -0.4 is 5.32 Å². The van der Waals surface area contributed by atoms with Crippen molar-refractivity contribution in [2.24, 2.45) is 40.4 Å². The van der Waals surface area contributed by atoms with Gasteiger partial charge in [-0.15, -0.1) is 0 Å². The Morgan fingerprint density at radius 2 is 1.41 bits per heavy atom.